The van der Waals surface area contributed by atoms with Crippen LogP contribution in [0, 0.1) is 22.7 Å². The summed E-state index contributed by atoms with van der Waals surface area (Å²) in [6.45, 7) is 2.28. The van der Waals surface area contributed by atoms with Crippen LogP contribution in [-0.4, -0.2) is 47.4 Å². The fourth-order valence-electron chi connectivity index (χ4n) is 5.98. The number of carbonyl (C=O) groups is 1. The number of carbonyl (C=O) groups excluding carboxylic acids is 1. The molecule has 0 radical (unpaired) electrons. The molecule has 0 amide bonds. The Bertz CT molecular complexity index is 775. The molecule has 4 rings (SSSR count). The lowest BCUT2D eigenvalue weighted by molar-refractivity contribution is -0.212. The highest BCUT2D eigenvalue weighted by Crippen LogP contribution is 2.68. The molecule has 4 aliphatic carbocycles. The van der Waals surface area contributed by atoms with Crippen LogP contribution in [0.15, 0.2) is 0 Å². The van der Waals surface area contributed by atoms with Crippen LogP contribution < -0.4 is 0 Å². The first kappa shape index (κ1) is 22.7. The normalized spacial score (nSPS) is 35.0. The fraction of sp³-hybridized carbons (Fsp3) is 0.944. The predicted molar refractivity (Wildman–Crippen MR) is 92.9 cm³/mol. The Kier molecular flexibility index (Phi) is 5.12. The van der Waals surface area contributed by atoms with Gasteiger partial charge in [0.25, 0.3) is 0 Å². The Morgan fingerprint density at radius 2 is 1.62 bits per heavy atom. The molecule has 6 nitrogen and oxygen atoms in total. The lowest BCUT2D eigenvalue weighted by Crippen LogP contribution is -2.61. The summed E-state index contributed by atoms with van der Waals surface area (Å²) in [6.07, 6.45) is 2.04. The standard InChI is InChI=1S/C18H26F4O6S/c1-14(2,24)16-8-11-5-12(9-16)7-15(6-11,10-16)13(23)28-4-3-17(19,20)18(21,22)29(25,26)27/h11-12,24H,3-10H2,1-2H3,(H,25,26,27). The van der Waals surface area contributed by atoms with Crippen molar-refractivity contribution in [2.75, 3.05) is 6.61 Å². The number of halogens is 4. The van der Waals surface area contributed by atoms with E-state index in [0.29, 0.717) is 19.3 Å². The van der Waals surface area contributed by atoms with E-state index >= 15 is 0 Å². The van der Waals surface area contributed by atoms with Crippen molar-refractivity contribution in [1.29, 1.82) is 0 Å². The van der Waals surface area contributed by atoms with E-state index in [2.05, 4.69) is 0 Å². The van der Waals surface area contributed by atoms with Gasteiger partial charge in [-0.25, -0.2) is 0 Å². The average Bonchev–Trinajstić information content (AvgIpc) is 2.51. The van der Waals surface area contributed by atoms with Crippen LogP contribution in [0.25, 0.3) is 0 Å². The Hall–Kier alpha value is -0.940. The first-order chi connectivity index (χ1) is 12.9. The average molecular weight is 446 g/mol. The van der Waals surface area contributed by atoms with Crippen LogP contribution in [-0.2, 0) is 19.6 Å². The molecule has 0 aromatic heterocycles. The van der Waals surface area contributed by atoms with Crippen LogP contribution in [0.2, 0.25) is 0 Å². The van der Waals surface area contributed by atoms with Crippen molar-refractivity contribution in [2.24, 2.45) is 22.7 Å². The van der Waals surface area contributed by atoms with Crippen LogP contribution in [0.4, 0.5) is 17.6 Å². The third-order valence-corrected chi connectivity index (χ3v) is 8.14. The van der Waals surface area contributed by atoms with Crippen molar-refractivity contribution in [3.63, 3.8) is 0 Å². The summed E-state index contributed by atoms with van der Waals surface area (Å²) >= 11 is 0. The van der Waals surface area contributed by atoms with Gasteiger partial charge in [0.2, 0.25) is 0 Å². The largest absolute Gasteiger partial charge is 0.465 e. The van der Waals surface area contributed by atoms with E-state index in [9.17, 15) is 35.9 Å². The van der Waals surface area contributed by atoms with Crippen molar-refractivity contribution in [3.05, 3.63) is 0 Å². The number of ether oxygens (including phenoxy) is 1. The first-order valence-electron chi connectivity index (χ1n) is 9.57. The van der Waals surface area contributed by atoms with E-state index in [0.717, 1.165) is 19.3 Å². The van der Waals surface area contributed by atoms with Gasteiger partial charge in [0.15, 0.2) is 0 Å². The van der Waals surface area contributed by atoms with Crippen LogP contribution in [0.1, 0.15) is 58.8 Å². The SMILES string of the molecule is CC(C)(O)C12CC3CC(CC(C(=O)OCCC(F)(F)C(F)(F)S(=O)(=O)O)(C3)C1)C2. The number of alkyl halides is 4. The molecule has 0 saturated heterocycles. The highest BCUT2D eigenvalue weighted by Gasteiger charge is 2.66. The molecule has 0 aromatic carbocycles. The molecule has 0 spiro atoms. The molecule has 0 heterocycles. The fourth-order valence-corrected chi connectivity index (χ4v) is 6.46. The van der Waals surface area contributed by atoms with Gasteiger partial charge in [-0.1, -0.05) is 0 Å². The first-order valence-corrected chi connectivity index (χ1v) is 11.0. The second kappa shape index (κ2) is 6.53. The zero-order valence-corrected chi connectivity index (χ0v) is 17.1. The van der Waals surface area contributed by atoms with E-state index in [-0.39, 0.29) is 11.8 Å². The summed E-state index contributed by atoms with van der Waals surface area (Å²) < 4.78 is 88.1. The van der Waals surface area contributed by atoms with E-state index in [1.807, 2.05) is 0 Å². The maximum Gasteiger partial charge on any atom is 0.431 e. The van der Waals surface area contributed by atoms with Gasteiger partial charge in [0.05, 0.1) is 24.0 Å². The highest BCUT2D eigenvalue weighted by molar-refractivity contribution is 7.87. The summed E-state index contributed by atoms with van der Waals surface area (Å²) in [4.78, 5) is 12.8. The zero-order chi connectivity index (χ0) is 22.1. The van der Waals surface area contributed by atoms with Crippen molar-refractivity contribution in [2.45, 2.75) is 75.6 Å². The lowest BCUT2D eigenvalue weighted by Gasteiger charge is -2.64. The molecule has 2 N–H and O–H groups in total. The monoisotopic (exact) mass is 446 g/mol. The number of hydrogen-bond donors (Lipinski definition) is 2. The molecule has 4 aliphatic rings. The molecule has 168 valence electrons. The van der Waals surface area contributed by atoms with Gasteiger partial charge >= 0.3 is 27.3 Å². The van der Waals surface area contributed by atoms with Crippen LogP contribution in [0.5, 0.6) is 0 Å². The number of rotatable bonds is 7. The van der Waals surface area contributed by atoms with E-state index in [1.165, 1.54) is 0 Å². The second-order valence-electron chi connectivity index (χ2n) is 9.66. The Balaban J connectivity index is 1.70. The molecular weight excluding hydrogens is 420 g/mol. The minimum absolute atomic E-state index is 0.195. The lowest BCUT2D eigenvalue weighted by atomic mass is 9.41. The maximum atomic E-state index is 13.6. The van der Waals surface area contributed by atoms with Crippen molar-refractivity contribution >= 4 is 16.1 Å². The summed E-state index contributed by atoms with van der Waals surface area (Å²) in [6, 6.07) is 0. The van der Waals surface area contributed by atoms with E-state index in [1.54, 1.807) is 13.8 Å². The van der Waals surface area contributed by atoms with Gasteiger partial charge in [-0.15, -0.1) is 0 Å². The Morgan fingerprint density at radius 1 is 1.10 bits per heavy atom. The number of hydrogen-bond acceptors (Lipinski definition) is 5. The van der Waals surface area contributed by atoms with Crippen molar-refractivity contribution in [3.8, 4) is 0 Å². The van der Waals surface area contributed by atoms with Crippen LogP contribution in [0.3, 0.4) is 0 Å². The predicted octanol–water partition coefficient (Wildman–Crippen LogP) is 3.39. The molecule has 4 saturated carbocycles. The molecular formula is C18H26F4O6S. The van der Waals surface area contributed by atoms with Crippen molar-refractivity contribution in [1.82, 2.24) is 0 Å². The van der Waals surface area contributed by atoms with E-state index < -0.39 is 56.7 Å². The van der Waals surface area contributed by atoms with Gasteiger partial charge in [-0.2, -0.15) is 26.0 Å². The zero-order valence-electron chi connectivity index (χ0n) is 16.3. The number of esters is 1. The topological polar surface area (TPSA) is 101 Å². The van der Waals surface area contributed by atoms with Gasteiger partial charge in [0.1, 0.15) is 0 Å². The summed E-state index contributed by atoms with van der Waals surface area (Å²) in [5.41, 5.74) is -2.48. The molecule has 4 bridgehead atoms. The van der Waals surface area contributed by atoms with Crippen LogP contribution >= 0.6 is 0 Å². The van der Waals surface area contributed by atoms with Gasteiger partial charge in [-0.3, -0.25) is 9.35 Å². The van der Waals surface area contributed by atoms with Crippen molar-refractivity contribution < 1.29 is 45.2 Å². The maximum absolute atomic E-state index is 13.6. The second-order valence-corrected chi connectivity index (χ2v) is 11.1. The summed E-state index contributed by atoms with van der Waals surface area (Å²) in [5.74, 6) is -5.48. The minimum atomic E-state index is -6.32. The smallest absolute Gasteiger partial charge is 0.431 e. The molecule has 29 heavy (non-hydrogen) atoms. The third kappa shape index (κ3) is 3.56. The van der Waals surface area contributed by atoms with Gasteiger partial charge in [0, 0.05) is 5.41 Å². The van der Waals surface area contributed by atoms with Gasteiger partial charge < -0.3 is 9.84 Å². The molecule has 2 unspecified atom stereocenters. The molecule has 0 aliphatic heterocycles. The highest BCUT2D eigenvalue weighted by atomic mass is 32.2. The molecule has 11 heteroatoms. The summed E-state index contributed by atoms with van der Waals surface area (Å²) in [7, 11) is -6.32. The Morgan fingerprint density at radius 3 is 2.07 bits per heavy atom. The molecule has 0 aromatic rings. The number of aliphatic hydroxyl groups is 1. The molecule has 4 fully saturated rings. The Labute approximate surface area is 166 Å². The van der Waals surface area contributed by atoms with E-state index in [4.69, 9.17) is 9.29 Å². The quantitative estimate of drug-likeness (QED) is 0.353. The minimum Gasteiger partial charge on any atom is -0.465 e. The summed E-state index contributed by atoms with van der Waals surface area (Å²) in [5, 5.41) is 5.03. The van der Waals surface area contributed by atoms with Gasteiger partial charge in [-0.05, 0) is 64.2 Å². The third-order valence-electron chi connectivity index (χ3n) is 7.19. The molecule has 2 atom stereocenters.